The summed E-state index contributed by atoms with van der Waals surface area (Å²) in [4.78, 5) is 32.7. The first-order valence-electron chi connectivity index (χ1n) is 9.92. The molecule has 0 atom stereocenters. The van der Waals surface area contributed by atoms with Gasteiger partial charge in [-0.05, 0) is 62.1 Å². The molecule has 156 valence electrons. The maximum absolute atomic E-state index is 13.2. The molecule has 0 aliphatic heterocycles. The van der Waals surface area contributed by atoms with Crippen molar-refractivity contribution in [3.63, 3.8) is 0 Å². The average Bonchev–Trinajstić information content (AvgIpc) is 3.44. The van der Waals surface area contributed by atoms with Gasteiger partial charge in [-0.1, -0.05) is 0 Å². The highest BCUT2D eigenvalue weighted by molar-refractivity contribution is 6.04. The number of H-pyrrole nitrogens is 1. The number of furan rings is 1. The maximum atomic E-state index is 13.2. The molecule has 0 spiro atoms. The smallest absolute Gasteiger partial charge is 0.256 e. The van der Waals surface area contributed by atoms with Gasteiger partial charge in [-0.2, -0.15) is 9.78 Å². The van der Waals surface area contributed by atoms with E-state index in [9.17, 15) is 14.0 Å². The summed E-state index contributed by atoms with van der Waals surface area (Å²) in [7, 11) is 0. The van der Waals surface area contributed by atoms with Crippen LogP contribution in [-0.2, 0) is 12.8 Å². The van der Waals surface area contributed by atoms with Crippen LogP contribution < -0.4 is 10.9 Å². The molecule has 1 amide bonds. The van der Waals surface area contributed by atoms with Crippen LogP contribution in [0, 0.1) is 5.82 Å². The molecule has 0 bridgehead atoms. The van der Waals surface area contributed by atoms with Crippen molar-refractivity contribution in [3.05, 3.63) is 81.7 Å². The van der Waals surface area contributed by atoms with Crippen LogP contribution in [0.3, 0.4) is 0 Å². The molecular weight excluding hydrogens is 401 g/mol. The Bertz CT molecular complexity index is 1310. The van der Waals surface area contributed by atoms with Crippen LogP contribution in [0.1, 0.15) is 34.5 Å². The van der Waals surface area contributed by atoms with Crippen molar-refractivity contribution >= 4 is 11.7 Å². The molecule has 0 unspecified atom stereocenters. The number of aromatic nitrogens is 4. The largest absolute Gasteiger partial charge is 0.463 e. The van der Waals surface area contributed by atoms with Gasteiger partial charge in [0.05, 0.1) is 12.0 Å². The van der Waals surface area contributed by atoms with Crippen LogP contribution in [0.2, 0.25) is 0 Å². The lowest BCUT2D eigenvalue weighted by Crippen LogP contribution is -2.24. The van der Waals surface area contributed by atoms with E-state index in [0.717, 1.165) is 25.0 Å². The van der Waals surface area contributed by atoms with Crippen LogP contribution in [0.15, 0.2) is 57.9 Å². The topological polar surface area (TPSA) is 106 Å². The summed E-state index contributed by atoms with van der Waals surface area (Å²) in [5.41, 5.74) is 1.98. The molecule has 0 saturated heterocycles. The van der Waals surface area contributed by atoms with Gasteiger partial charge >= 0.3 is 0 Å². The van der Waals surface area contributed by atoms with Crippen molar-refractivity contribution in [2.45, 2.75) is 25.7 Å². The summed E-state index contributed by atoms with van der Waals surface area (Å²) in [6.07, 6.45) is 4.86. The zero-order valence-corrected chi connectivity index (χ0v) is 16.4. The molecule has 2 N–H and O–H groups in total. The van der Waals surface area contributed by atoms with Crippen molar-refractivity contribution in [3.8, 4) is 17.4 Å². The Labute approximate surface area is 175 Å². The second-order valence-corrected chi connectivity index (χ2v) is 7.29. The molecule has 4 aromatic rings. The number of rotatable bonds is 4. The molecule has 9 heteroatoms. The van der Waals surface area contributed by atoms with Gasteiger partial charge in [-0.3, -0.25) is 14.6 Å². The Hall–Kier alpha value is -4.01. The third kappa shape index (κ3) is 3.65. The van der Waals surface area contributed by atoms with E-state index < -0.39 is 11.7 Å². The summed E-state index contributed by atoms with van der Waals surface area (Å²) in [6.45, 7) is 0. The predicted molar refractivity (Wildman–Crippen MR) is 111 cm³/mol. The first-order valence-corrected chi connectivity index (χ1v) is 9.92. The van der Waals surface area contributed by atoms with Gasteiger partial charge in [-0.15, -0.1) is 0 Å². The Kier molecular flexibility index (Phi) is 4.70. The molecular formula is C22H18FN5O3. The summed E-state index contributed by atoms with van der Waals surface area (Å²) < 4.78 is 20.0. The summed E-state index contributed by atoms with van der Waals surface area (Å²) in [5, 5.41) is 7.25. The molecule has 0 saturated carbocycles. The van der Waals surface area contributed by atoms with E-state index >= 15 is 0 Å². The monoisotopic (exact) mass is 419 g/mol. The van der Waals surface area contributed by atoms with E-state index in [-0.39, 0.29) is 17.1 Å². The van der Waals surface area contributed by atoms with E-state index in [2.05, 4.69) is 20.4 Å². The van der Waals surface area contributed by atoms with E-state index in [1.54, 1.807) is 18.2 Å². The lowest BCUT2D eigenvalue weighted by atomic mass is 9.97. The number of hydrogen-bond donors (Lipinski definition) is 2. The van der Waals surface area contributed by atoms with Crippen molar-refractivity contribution < 1.29 is 13.6 Å². The van der Waals surface area contributed by atoms with Crippen LogP contribution in [0.25, 0.3) is 17.4 Å². The third-order valence-corrected chi connectivity index (χ3v) is 5.21. The minimum absolute atomic E-state index is 0.203. The van der Waals surface area contributed by atoms with Gasteiger partial charge in [0.15, 0.2) is 5.76 Å². The number of fused-ring (bicyclic) bond motifs is 1. The Morgan fingerprint density at radius 3 is 2.74 bits per heavy atom. The number of nitrogens with zero attached hydrogens (tertiary/aromatic N) is 3. The number of halogens is 1. The summed E-state index contributed by atoms with van der Waals surface area (Å²) in [6, 6.07) is 10.3. The number of amides is 1. The third-order valence-electron chi connectivity index (χ3n) is 5.21. The fourth-order valence-electron chi connectivity index (χ4n) is 3.66. The number of carbonyl (C=O) groups is 1. The zero-order valence-electron chi connectivity index (χ0n) is 16.4. The average molecular weight is 419 g/mol. The molecule has 31 heavy (non-hydrogen) atoms. The number of benzene rings is 1. The van der Waals surface area contributed by atoms with Crippen LogP contribution in [0.5, 0.6) is 0 Å². The number of aromatic amines is 1. The Morgan fingerprint density at radius 2 is 1.97 bits per heavy atom. The van der Waals surface area contributed by atoms with E-state index in [0.29, 0.717) is 29.3 Å². The van der Waals surface area contributed by atoms with Crippen molar-refractivity contribution in [1.82, 2.24) is 19.7 Å². The second-order valence-electron chi connectivity index (χ2n) is 7.29. The molecule has 0 radical (unpaired) electrons. The zero-order chi connectivity index (χ0) is 21.4. The lowest BCUT2D eigenvalue weighted by molar-refractivity contribution is 0.102. The summed E-state index contributed by atoms with van der Waals surface area (Å²) in [5.74, 6) is 0.110. The van der Waals surface area contributed by atoms with Gasteiger partial charge in [0.25, 0.3) is 11.5 Å². The highest BCUT2D eigenvalue weighted by atomic mass is 19.1. The van der Waals surface area contributed by atoms with Gasteiger partial charge in [0.1, 0.15) is 17.3 Å². The number of carbonyl (C=O) groups excluding carboxylic acids is 1. The summed E-state index contributed by atoms with van der Waals surface area (Å²) >= 11 is 0. The highest BCUT2D eigenvalue weighted by Crippen LogP contribution is 2.25. The minimum Gasteiger partial charge on any atom is -0.463 e. The van der Waals surface area contributed by atoms with Gasteiger partial charge in [-0.25, -0.2) is 9.37 Å². The van der Waals surface area contributed by atoms with Crippen LogP contribution in [0.4, 0.5) is 10.2 Å². The van der Waals surface area contributed by atoms with Crippen molar-refractivity contribution in [2.75, 3.05) is 5.32 Å². The number of anilines is 1. The van der Waals surface area contributed by atoms with Gasteiger partial charge in [0, 0.05) is 17.2 Å². The lowest BCUT2D eigenvalue weighted by Gasteiger charge is -2.15. The maximum Gasteiger partial charge on any atom is 0.256 e. The molecule has 1 aliphatic carbocycles. The first-order chi connectivity index (χ1) is 15.1. The molecule has 0 fully saturated rings. The number of aryl methyl sites for hydroxylation is 1. The highest BCUT2D eigenvalue weighted by Gasteiger charge is 2.21. The fraction of sp³-hybridized carbons (Fsp3) is 0.182. The molecule has 3 heterocycles. The predicted octanol–water partition coefficient (Wildman–Crippen LogP) is 3.49. The van der Waals surface area contributed by atoms with E-state index in [1.807, 2.05) is 0 Å². The fourth-order valence-corrected chi connectivity index (χ4v) is 3.66. The Morgan fingerprint density at radius 1 is 1.16 bits per heavy atom. The van der Waals surface area contributed by atoms with Crippen molar-refractivity contribution in [1.29, 1.82) is 0 Å². The Balaban J connectivity index is 1.58. The van der Waals surface area contributed by atoms with Crippen molar-refractivity contribution in [2.24, 2.45) is 0 Å². The first kappa shape index (κ1) is 19.0. The van der Waals surface area contributed by atoms with Gasteiger partial charge < -0.3 is 9.73 Å². The SMILES string of the molecule is O=C(Nc1cc(-c2ccco2)nn1-c1nc2c(c(=O)[nH]1)CCCC2)c1ccc(F)cc1. The van der Waals surface area contributed by atoms with E-state index in [4.69, 9.17) is 4.42 Å². The molecule has 1 aliphatic rings. The molecule has 1 aromatic carbocycles. The van der Waals surface area contributed by atoms with E-state index in [1.165, 1.54) is 35.2 Å². The quantitative estimate of drug-likeness (QED) is 0.527. The number of nitrogens with one attached hydrogen (secondary N) is 2. The standard InChI is InChI=1S/C22H18FN5O3/c23-14-9-7-13(8-10-14)20(29)25-19-12-17(18-6-3-11-31-18)27-28(19)22-24-16-5-2-1-4-15(16)21(30)26-22/h3,6-12H,1-2,4-5H2,(H,25,29)(H,24,26,30). The second kappa shape index (κ2) is 7.67. The molecule has 5 rings (SSSR count). The molecule has 8 nitrogen and oxygen atoms in total. The normalized spacial score (nSPS) is 13.1. The van der Waals surface area contributed by atoms with Crippen LogP contribution >= 0.6 is 0 Å². The molecule has 3 aromatic heterocycles. The van der Waals surface area contributed by atoms with Gasteiger partial charge in [0.2, 0.25) is 5.95 Å². The number of hydrogen-bond acceptors (Lipinski definition) is 5. The van der Waals surface area contributed by atoms with Crippen LogP contribution in [-0.4, -0.2) is 25.7 Å². The minimum atomic E-state index is -0.451.